The summed E-state index contributed by atoms with van der Waals surface area (Å²) in [4.78, 5) is 0. The van der Waals surface area contributed by atoms with Gasteiger partial charge in [-0.25, -0.2) is 0 Å². The molecule has 0 spiro atoms. The Morgan fingerprint density at radius 3 is 3.00 bits per heavy atom. The van der Waals surface area contributed by atoms with Crippen molar-refractivity contribution in [1.29, 1.82) is 0 Å². The average molecular weight is 350 g/mol. The van der Waals surface area contributed by atoms with E-state index < -0.39 is 0 Å². The third-order valence-electron chi connectivity index (χ3n) is 4.12. The highest BCUT2D eigenvalue weighted by atomic mass is 79.9. The van der Waals surface area contributed by atoms with Gasteiger partial charge in [-0.1, -0.05) is 13.0 Å². The lowest BCUT2D eigenvalue weighted by molar-refractivity contribution is 0.294. The second kappa shape index (κ2) is 5.81. The molecule has 0 saturated heterocycles. The van der Waals surface area contributed by atoms with Crippen LogP contribution < -0.4 is 10.5 Å². The van der Waals surface area contributed by atoms with Gasteiger partial charge in [0.15, 0.2) is 0 Å². The zero-order valence-electron chi connectivity index (χ0n) is 12.4. The lowest BCUT2D eigenvalue weighted by atomic mass is 10.1. The summed E-state index contributed by atoms with van der Waals surface area (Å²) in [5.41, 5.74) is 10.8. The van der Waals surface area contributed by atoms with E-state index in [9.17, 15) is 0 Å². The molecule has 0 amide bonds. The van der Waals surface area contributed by atoms with Gasteiger partial charge < -0.3 is 10.5 Å². The van der Waals surface area contributed by atoms with Crippen molar-refractivity contribution in [2.75, 3.05) is 0 Å². The number of rotatable bonds is 4. The van der Waals surface area contributed by atoms with Crippen LogP contribution in [0.2, 0.25) is 0 Å². The molecular weight excluding hydrogens is 330 g/mol. The number of nitrogens with zero attached hydrogens (tertiary/aromatic N) is 2. The second-order valence-corrected chi connectivity index (χ2v) is 6.27. The van der Waals surface area contributed by atoms with Gasteiger partial charge >= 0.3 is 0 Å². The third-order valence-corrected chi connectivity index (χ3v) is 5.03. The Kier molecular flexibility index (Phi) is 4.04. The first-order valence-electron chi connectivity index (χ1n) is 7.31. The van der Waals surface area contributed by atoms with Gasteiger partial charge in [0.2, 0.25) is 0 Å². The van der Waals surface area contributed by atoms with E-state index in [0.717, 1.165) is 40.9 Å². The van der Waals surface area contributed by atoms with Crippen LogP contribution in [0.5, 0.6) is 5.75 Å². The van der Waals surface area contributed by atoms with Crippen LogP contribution in [0.3, 0.4) is 0 Å². The summed E-state index contributed by atoms with van der Waals surface area (Å²) in [5, 5.41) is 4.48. The first kappa shape index (κ1) is 14.6. The normalized spacial score (nSPS) is 17.0. The Morgan fingerprint density at radius 1 is 1.48 bits per heavy atom. The van der Waals surface area contributed by atoms with Gasteiger partial charge in [0.25, 0.3) is 0 Å². The van der Waals surface area contributed by atoms with Crippen molar-refractivity contribution in [2.45, 2.75) is 38.8 Å². The van der Waals surface area contributed by atoms with Crippen LogP contribution in [-0.2, 0) is 26.5 Å². The van der Waals surface area contributed by atoms with Crippen molar-refractivity contribution < 1.29 is 4.74 Å². The molecule has 0 aliphatic heterocycles. The van der Waals surface area contributed by atoms with Gasteiger partial charge in [-0.05, 0) is 58.5 Å². The summed E-state index contributed by atoms with van der Waals surface area (Å²) in [6.45, 7) is 2.61. The maximum Gasteiger partial charge on any atom is 0.131 e. The van der Waals surface area contributed by atoms with Crippen LogP contribution in [0, 0.1) is 0 Å². The van der Waals surface area contributed by atoms with Crippen LogP contribution in [0.25, 0.3) is 0 Å². The standard InChI is InChI=1S/C16H20BrN3O/c1-3-14-16(17)15(20(2)19-14)9-21-11-5-6-12-10(8-11)4-7-13(12)18/h5-6,8,13H,3-4,7,9,18H2,1-2H3. The zero-order valence-corrected chi connectivity index (χ0v) is 14.0. The molecule has 1 unspecified atom stereocenters. The number of aryl methyl sites for hydroxylation is 3. The zero-order chi connectivity index (χ0) is 15.0. The van der Waals surface area contributed by atoms with Gasteiger partial charge in [-0.2, -0.15) is 5.10 Å². The van der Waals surface area contributed by atoms with E-state index >= 15 is 0 Å². The van der Waals surface area contributed by atoms with E-state index in [0.29, 0.717) is 6.61 Å². The van der Waals surface area contributed by atoms with Crippen molar-refractivity contribution >= 4 is 15.9 Å². The highest BCUT2D eigenvalue weighted by Crippen LogP contribution is 2.32. The lowest BCUT2D eigenvalue weighted by Gasteiger charge is -2.10. The molecule has 21 heavy (non-hydrogen) atoms. The molecule has 1 heterocycles. The van der Waals surface area contributed by atoms with Crippen LogP contribution in [0.4, 0.5) is 0 Å². The molecule has 1 aromatic carbocycles. The fourth-order valence-electron chi connectivity index (χ4n) is 2.84. The minimum Gasteiger partial charge on any atom is -0.487 e. The predicted octanol–water partition coefficient (Wildman–Crippen LogP) is 3.27. The number of aromatic nitrogens is 2. The van der Waals surface area contributed by atoms with E-state index in [1.54, 1.807) is 0 Å². The SMILES string of the molecule is CCc1nn(C)c(COc2ccc3c(c2)CCC3N)c1Br. The maximum absolute atomic E-state index is 6.06. The molecule has 0 fully saturated rings. The molecule has 0 radical (unpaired) electrons. The molecule has 2 N–H and O–H groups in total. The molecule has 4 nitrogen and oxygen atoms in total. The van der Waals surface area contributed by atoms with E-state index in [2.05, 4.69) is 40.1 Å². The molecule has 1 aromatic heterocycles. The van der Waals surface area contributed by atoms with Crippen LogP contribution in [0.15, 0.2) is 22.7 Å². The number of benzene rings is 1. The molecule has 5 heteroatoms. The molecule has 0 bridgehead atoms. The summed E-state index contributed by atoms with van der Waals surface area (Å²) in [5.74, 6) is 0.897. The fourth-order valence-corrected chi connectivity index (χ4v) is 3.58. The molecule has 3 rings (SSSR count). The number of fused-ring (bicyclic) bond motifs is 1. The van der Waals surface area contributed by atoms with Gasteiger partial charge in [0, 0.05) is 13.1 Å². The van der Waals surface area contributed by atoms with Crippen molar-refractivity contribution in [3.63, 3.8) is 0 Å². The lowest BCUT2D eigenvalue weighted by Crippen LogP contribution is -2.05. The Morgan fingerprint density at radius 2 is 2.29 bits per heavy atom. The Labute approximate surface area is 133 Å². The Balaban J connectivity index is 1.75. The number of ether oxygens (including phenoxy) is 1. The minimum atomic E-state index is 0.187. The quantitative estimate of drug-likeness (QED) is 0.921. The monoisotopic (exact) mass is 349 g/mol. The minimum absolute atomic E-state index is 0.187. The van der Waals surface area contributed by atoms with Crippen LogP contribution >= 0.6 is 15.9 Å². The highest BCUT2D eigenvalue weighted by molar-refractivity contribution is 9.10. The fraction of sp³-hybridized carbons (Fsp3) is 0.438. The van der Waals surface area contributed by atoms with E-state index in [4.69, 9.17) is 10.5 Å². The summed E-state index contributed by atoms with van der Waals surface area (Å²) in [7, 11) is 1.95. The van der Waals surface area contributed by atoms with E-state index in [1.807, 2.05) is 17.8 Å². The van der Waals surface area contributed by atoms with Crippen LogP contribution in [-0.4, -0.2) is 9.78 Å². The van der Waals surface area contributed by atoms with Gasteiger partial charge in [0.05, 0.1) is 15.9 Å². The molecule has 112 valence electrons. The predicted molar refractivity (Wildman–Crippen MR) is 86.3 cm³/mol. The molecule has 1 atom stereocenters. The molecule has 1 aliphatic carbocycles. The van der Waals surface area contributed by atoms with E-state index in [1.165, 1.54) is 11.1 Å². The van der Waals surface area contributed by atoms with Gasteiger partial charge in [0.1, 0.15) is 12.4 Å². The molecule has 2 aromatic rings. The second-order valence-electron chi connectivity index (χ2n) is 5.48. The number of hydrogen-bond donors (Lipinski definition) is 1. The smallest absolute Gasteiger partial charge is 0.131 e. The summed E-state index contributed by atoms with van der Waals surface area (Å²) in [6.07, 6.45) is 2.99. The number of nitrogens with two attached hydrogens (primary N) is 1. The Bertz CT molecular complexity index is 666. The molecule has 0 saturated carbocycles. The average Bonchev–Trinajstić information content (AvgIpc) is 2.98. The first-order chi connectivity index (χ1) is 10.1. The van der Waals surface area contributed by atoms with Crippen molar-refractivity contribution in [1.82, 2.24) is 9.78 Å². The highest BCUT2D eigenvalue weighted by Gasteiger charge is 2.19. The number of halogens is 1. The first-order valence-corrected chi connectivity index (χ1v) is 8.11. The van der Waals surface area contributed by atoms with Crippen molar-refractivity contribution in [3.8, 4) is 5.75 Å². The van der Waals surface area contributed by atoms with Crippen LogP contribution in [0.1, 0.15) is 41.9 Å². The van der Waals surface area contributed by atoms with Gasteiger partial charge in [-0.3, -0.25) is 4.68 Å². The van der Waals surface area contributed by atoms with Crippen molar-refractivity contribution in [2.24, 2.45) is 12.8 Å². The third kappa shape index (κ3) is 2.72. The summed E-state index contributed by atoms with van der Waals surface area (Å²) >= 11 is 3.61. The molecular formula is C16H20BrN3O. The number of hydrogen-bond acceptors (Lipinski definition) is 3. The van der Waals surface area contributed by atoms with Gasteiger partial charge in [-0.15, -0.1) is 0 Å². The summed E-state index contributed by atoms with van der Waals surface area (Å²) < 4.78 is 8.87. The largest absolute Gasteiger partial charge is 0.487 e. The molecule has 1 aliphatic rings. The Hall–Kier alpha value is -1.33. The van der Waals surface area contributed by atoms with E-state index in [-0.39, 0.29) is 6.04 Å². The maximum atomic E-state index is 6.06. The van der Waals surface area contributed by atoms with Crippen molar-refractivity contribution in [3.05, 3.63) is 45.2 Å². The summed E-state index contributed by atoms with van der Waals surface area (Å²) in [6, 6.07) is 6.41. The topological polar surface area (TPSA) is 53.1 Å².